The fourth-order valence-electron chi connectivity index (χ4n) is 3.67. The van der Waals surface area contributed by atoms with Crippen molar-refractivity contribution < 1.29 is 14.3 Å². The number of ether oxygens (including phenoxy) is 2. The Bertz CT molecular complexity index is 1070. The van der Waals surface area contributed by atoms with Crippen molar-refractivity contribution >= 4 is 11.6 Å². The number of nitrogens with zero attached hydrogens (tertiary/aromatic N) is 2. The summed E-state index contributed by atoms with van der Waals surface area (Å²) in [6.45, 7) is 9.71. The third kappa shape index (κ3) is 5.10. The normalized spacial score (nSPS) is 16.3. The predicted molar refractivity (Wildman–Crippen MR) is 127 cm³/mol. The van der Waals surface area contributed by atoms with Crippen molar-refractivity contribution in [1.29, 1.82) is 0 Å². The van der Waals surface area contributed by atoms with E-state index < -0.39 is 6.10 Å². The molecular formula is C27H30N2O3. The molecule has 5 heteroatoms. The summed E-state index contributed by atoms with van der Waals surface area (Å²) >= 11 is 0. The van der Waals surface area contributed by atoms with Gasteiger partial charge >= 0.3 is 0 Å². The van der Waals surface area contributed by atoms with Crippen LogP contribution in [-0.4, -0.2) is 30.1 Å². The van der Waals surface area contributed by atoms with E-state index in [1.165, 1.54) is 0 Å². The second-order valence-corrected chi connectivity index (χ2v) is 9.43. The third-order valence-electron chi connectivity index (χ3n) is 5.37. The quantitative estimate of drug-likeness (QED) is 0.506. The van der Waals surface area contributed by atoms with Crippen molar-refractivity contribution in [2.45, 2.75) is 40.2 Å². The van der Waals surface area contributed by atoms with Crippen molar-refractivity contribution in [1.82, 2.24) is 4.98 Å². The molecule has 32 heavy (non-hydrogen) atoms. The first-order chi connectivity index (χ1) is 15.3. The molecule has 0 radical (unpaired) electrons. The Morgan fingerprint density at radius 3 is 2.50 bits per heavy atom. The molecule has 2 heterocycles. The Morgan fingerprint density at radius 1 is 1.06 bits per heavy atom. The van der Waals surface area contributed by atoms with Crippen LogP contribution < -0.4 is 14.4 Å². The number of rotatable bonds is 6. The average molecular weight is 431 g/mol. The second-order valence-electron chi connectivity index (χ2n) is 9.43. The van der Waals surface area contributed by atoms with Crippen LogP contribution in [0.4, 0.5) is 5.69 Å². The highest BCUT2D eigenvalue weighted by molar-refractivity contribution is 5.99. The number of hydrogen-bond acceptors (Lipinski definition) is 4. The number of aryl methyl sites for hydroxylation is 1. The van der Waals surface area contributed by atoms with E-state index in [1.54, 1.807) is 11.1 Å². The molecule has 1 aromatic heterocycles. The molecule has 0 spiro atoms. The van der Waals surface area contributed by atoms with Gasteiger partial charge in [-0.15, -0.1) is 0 Å². The number of pyridine rings is 1. The Balaban J connectivity index is 1.40. The summed E-state index contributed by atoms with van der Waals surface area (Å²) in [4.78, 5) is 19.3. The van der Waals surface area contributed by atoms with Gasteiger partial charge in [-0.1, -0.05) is 51.1 Å². The van der Waals surface area contributed by atoms with E-state index in [9.17, 15) is 4.79 Å². The first kappa shape index (κ1) is 21.9. The van der Waals surface area contributed by atoms with E-state index in [4.69, 9.17) is 9.47 Å². The minimum absolute atomic E-state index is 0.0279. The van der Waals surface area contributed by atoms with Crippen LogP contribution in [0, 0.1) is 12.3 Å². The highest BCUT2D eigenvalue weighted by atomic mass is 16.5. The molecule has 166 valence electrons. The van der Waals surface area contributed by atoms with Gasteiger partial charge in [0.1, 0.15) is 11.5 Å². The van der Waals surface area contributed by atoms with Crippen molar-refractivity contribution in [2.24, 2.45) is 5.41 Å². The Morgan fingerprint density at radius 2 is 1.84 bits per heavy atom. The molecule has 0 N–H and O–H groups in total. The lowest BCUT2D eigenvalue weighted by molar-refractivity contribution is -0.122. The van der Waals surface area contributed by atoms with Crippen molar-refractivity contribution in [3.8, 4) is 22.8 Å². The predicted octanol–water partition coefficient (Wildman–Crippen LogP) is 5.67. The number of amides is 1. The van der Waals surface area contributed by atoms with Crippen molar-refractivity contribution in [2.75, 3.05) is 18.1 Å². The first-order valence-electron chi connectivity index (χ1n) is 11.0. The van der Waals surface area contributed by atoms with Crippen LogP contribution in [0.15, 0.2) is 66.9 Å². The fraction of sp³-hybridized carbons (Fsp3) is 0.333. The fourth-order valence-corrected chi connectivity index (χ4v) is 3.67. The van der Waals surface area contributed by atoms with E-state index in [1.807, 2.05) is 67.6 Å². The molecule has 3 aromatic rings. The molecular weight excluding hydrogens is 400 g/mol. The maximum atomic E-state index is 13.0. The Labute approximate surface area is 190 Å². The number of carbonyl (C=O) groups is 1. The maximum absolute atomic E-state index is 13.0. The van der Waals surface area contributed by atoms with Gasteiger partial charge in [-0.25, -0.2) is 0 Å². The van der Waals surface area contributed by atoms with Gasteiger partial charge in [-0.3, -0.25) is 9.78 Å². The zero-order valence-corrected chi connectivity index (χ0v) is 19.2. The molecule has 1 unspecified atom stereocenters. The Hall–Kier alpha value is -3.34. The third-order valence-corrected chi connectivity index (χ3v) is 5.37. The van der Waals surface area contributed by atoms with Gasteiger partial charge in [0.05, 0.1) is 18.5 Å². The van der Waals surface area contributed by atoms with Crippen LogP contribution in [0.5, 0.6) is 11.5 Å². The lowest BCUT2D eigenvalue weighted by atomic mass is 9.98. The van der Waals surface area contributed by atoms with Gasteiger partial charge in [0, 0.05) is 24.2 Å². The molecule has 0 bridgehead atoms. The van der Waals surface area contributed by atoms with Gasteiger partial charge in [0.2, 0.25) is 0 Å². The van der Waals surface area contributed by atoms with Gasteiger partial charge in [0.15, 0.2) is 6.10 Å². The molecule has 4 rings (SSSR count). The van der Waals surface area contributed by atoms with E-state index >= 15 is 0 Å². The maximum Gasteiger partial charge on any atom is 0.268 e. The monoisotopic (exact) mass is 430 g/mol. The van der Waals surface area contributed by atoms with E-state index in [-0.39, 0.29) is 11.3 Å². The highest BCUT2D eigenvalue weighted by Crippen LogP contribution is 2.30. The summed E-state index contributed by atoms with van der Waals surface area (Å²) in [5.41, 5.74) is 3.91. The first-order valence-corrected chi connectivity index (χ1v) is 11.0. The van der Waals surface area contributed by atoms with E-state index in [0.717, 1.165) is 28.3 Å². The van der Waals surface area contributed by atoms with Gasteiger partial charge < -0.3 is 14.4 Å². The summed E-state index contributed by atoms with van der Waals surface area (Å²) in [5.74, 6) is 1.43. The summed E-state index contributed by atoms with van der Waals surface area (Å²) < 4.78 is 11.9. The number of hydrogen-bond donors (Lipinski definition) is 0. The molecule has 0 aliphatic carbocycles. The highest BCUT2D eigenvalue weighted by Gasteiger charge is 2.34. The number of aromatic nitrogens is 1. The SMILES string of the molecule is Cc1cc(N2CCC(Oc3ccc(-c4ccccc4)nc3)C2=O)ccc1OCC(C)(C)C. The molecule has 1 aliphatic rings. The number of carbonyl (C=O) groups excluding carboxylic acids is 1. The van der Waals surface area contributed by atoms with Crippen LogP contribution in [0.1, 0.15) is 32.8 Å². The summed E-state index contributed by atoms with van der Waals surface area (Å²) in [5, 5.41) is 0. The zero-order valence-electron chi connectivity index (χ0n) is 19.2. The zero-order chi connectivity index (χ0) is 22.7. The number of anilines is 1. The van der Waals surface area contributed by atoms with E-state index in [0.29, 0.717) is 25.3 Å². The minimum atomic E-state index is -0.503. The molecule has 0 saturated carbocycles. The van der Waals surface area contributed by atoms with Crippen LogP contribution in [-0.2, 0) is 4.79 Å². The van der Waals surface area contributed by atoms with Crippen molar-refractivity contribution in [3.05, 3.63) is 72.4 Å². The number of benzene rings is 2. The van der Waals surface area contributed by atoms with E-state index in [2.05, 4.69) is 25.8 Å². The smallest absolute Gasteiger partial charge is 0.268 e. The topological polar surface area (TPSA) is 51.7 Å². The Kier molecular flexibility index (Phi) is 6.17. The van der Waals surface area contributed by atoms with Crippen LogP contribution in [0.3, 0.4) is 0 Å². The molecule has 1 aliphatic heterocycles. The largest absolute Gasteiger partial charge is 0.493 e. The summed E-state index contributed by atoms with van der Waals surface area (Å²) in [6, 6.07) is 19.7. The summed E-state index contributed by atoms with van der Waals surface area (Å²) in [6.07, 6.45) is 1.82. The molecule has 2 aromatic carbocycles. The van der Waals surface area contributed by atoms with Crippen LogP contribution >= 0.6 is 0 Å². The average Bonchev–Trinajstić information content (AvgIpc) is 3.13. The molecule has 1 fully saturated rings. The summed E-state index contributed by atoms with van der Waals surface area (Å²) in [7, 11) is 0. The van der Waals surface area contributed by atoms with Gasteiger partial charge in [-0.05, 0) is 48.2 Å². The van der Waals surface area contributed by atoms with Crippen LogP contribution in [0.25, 0.3) is 11.3 Å². The lowest BCUT2D eigenvalue weighted by Gasteiger charge is -2.22. The van der Waals surface area contributed by atoms with Crippen molar-refractivity contribution in [3.63, 3.8) is 0 Å². The van der Waals surface area contributed by atoms with Gasteiger partial charge in [-0.2, -0.15) is 0 Å². The van der Waals surface area contributed by atoms with Gasteiger partial charge in [0.25, 0.3) is 5.91 Å². The molecule has 1 atom stereocenters. The molecule has 5 nitrogen and oxygen atoms in total. The standard InChI is InChI=1S/C27H30N2O3/c1-19-16-21(10-13-24(19)31-18-27(2,3)4)29-15-14-25(26(29)30)32-22-11-12-23(28-17-22)20-8-6-5-7-9-20/h5-13,16-17,25H,14-15,18H2,1-4H3. The lowest BCUT2D eigenvalue weighted by Crippen LogP contribution is -2.32. The molecule has 1 amide bonds. The molecule has 1 saturated heterocycles. The van der Waals surface area contributed by atoms with Crippen LogP contribution in [0.2, 0.25) is 0 Å². The second kappa shape index (κ2) is 9.03. The minimum Gasteiger partial charge on any atom is -0.493 e.